The molecule has 3 aromatic rings. The normalized spacial score (nSPS) is 11.7. The SMILES string of the molecule is Cc1nc2ccc(NS(=O)(=O)Cc3ccccc3C)cc2o1. The molecule has 0 unspecified atom stereocenters. The van der Waals surface area contributed by atoms with E-state index in [1.165, 1.54) is 0 Å². The van der Waals surface area contributed by atoms with Crippen molar-refractivity contribution in [2.75, 3.05) is 4.72 Å². The molecule has 22 heavy (non-hydrogen) atoms. The summed E-state index contributed by atoms with van der Waals surface area (Å²) in [6.45, 7) is 3.65. The van der Waals surface area contributed by atoms with Crippen molar-refractivity contribution in [2.24, 2.45) is 0 Å². The maximum atomic E-state index is 12.3. The van der Waals surface area contributed by atoms with Crippen LogP contribution in [-0.2, 0) is 15.8 Å². The number of hydrogen-bond donors (Lipinski definition) is 1. The van der Waals surface area contributed by atoms with Crippen molar-refractivity contribution in [1.82, 2.24) is 4.98 Å². The van der Waals surface area contributed by atoms with Gasteiger partial charge in [-0.3, -0.25) is 4.72 Å². The number of oxazole rings is 1. The molecule has 0 spiro atoms. The average molecular weight is 316 g/mol. The number of nitrogens with zero attached hydrogens (tertiary/aromatic N) is 1. The van der Waals surface area contributed by atoms with Crippen LogP contribution in [0.1, 0.15) is 17.0 Å². The van der Waals surface area contributed by atoms with Crippen molar-refractivity contribution < 1.29 is 12.8 Å². The van der Waals surface area contributed by atoms with E-state index >= 15 is 0 Å². The van der Waals surface area contributed by atoms with Crippen molar-refractivity contribution in [2.45, 2.75) is 19.6 Å². The first-order valence-electron chi connectivity index (χ1n) is 6.85. The molecular formula is C16H16N2O3S. The van der Waals surface area contributed by atoms with Gasteiger partial charge in [0.25, 0.3) is 0 Å². The van der Waals surface area contributed by atoms with E-state index in [2.05, 4.69) is 9.71 Å². The lowest BCUT2D eigenvalue weighted by molar-refractivity contribution is 0.561. The summed E-state index contributed by atoms with van der Waals surface area (Å²) >= 11 is 0. The van der Waals surface area contributed by atoms with Gasteiger partial charge in [0.05, 0.1) is 11.4 Å². The van der Waals surface area contributed by atoms with Gasteiger partial charge in [0.2, 0.25) is 10.0 Å². The minimum Gasteiger partial charge on any atom is -0.441 e. The summed E-state index contributed by atoms with van der Waals surface area (Å²) in [4.78, 5) is 4.19. The summed E-state index contributed by atoms with van der Waals surface area (Å²) < 4.78 is 32.6. The van der Waals surface area contributed by atoms with Gasteiger partial charge in [0.15, 0.2) is 11.5 Å². The summed E-state index contributed by atoms with van der Waals surface area (Å²) in [5.74, 6) is 0.488. The third-order valence-corrected chi connectivity index (χ3v) is 4.61. The van der Waals surface area contributed by atoms with Crippen molar-refractivity contribution in [3.05, 3.63) is 59.5 Å². The summed E-state index contributed by atoms with van der Waals surface area (Å²) in [7, 11) is -3.48. The number of aromatic nitrogens is 1. The number of aryl methyl sites for hydroxylation is 2. The number of benzene rings is 2. The van der Waals surface area contributed by atoms with Gasteiger partial charge in [0.1, 0.15) is 5.52 Å². The monoisotopic (exact) mass is 316 g/mol. The van der Waals surface area contributed by atoms with E-state index in [1.807, 2.05) is 31.2 Å². The molecule has 0 saturated heterocycles. The number of rotatable bonds is 4. The van der Waals surface area contributed by atoms with Crippen LogP contribution in [0.3, 0.4) is 0 Å². The summed E-state index contributed by atoms with van der Waals surface area (Å²) in [6.07, 6.45) is 0. The molecule has 0 fully saturated rings. The van der Waals surface area contributed by atoms with E-state index in [4.69, 9.17) is 4.42 Å². The quantitative estimate of drug-likeness (QED) is 0.801. The third kappa shape index (κ3) is 3.12. The molecular weight excluding hydrogens is 300 g/mol. The molecule has 0 aliphatic rings. The topological polar surface area (TPSA) is 72.2 Å². The second-order valence-corrected chi connectivity index (χ2v) is 6.93. The second-order valence-electron chi connectivity index (χ2n) is 5.20. The minimum atomic E-state index is -3.48. The molecule has 3 rings (SSSR count). The fourth-order valence-electron chi connectivity index (χ4n) is 2.30. The van der Waals surface area contributed by atoms with E-state index < -0.39 is 10.0 Å². The maximum Gasteiger partial charge on any atom is 0.236 e. The van der Waals surface area contributed by atoms with Crippen LogP contribution in [0, 0.1) is 13.8 Å². The smallest absolute Gasteiger partial charge is 0.236 e. The highest BCUT2D eigenvalue weighted by molar-refractivity contribution is 7.91. The summed E-state index contributed by atoms with van der Waals surface area (Å²) in [6, 6.07) is 12.5. The molecule has 6 heteroatoms. The molecule has 114 valence electrons. The largest absolute Gasteiger partial charge is 0.441 e. The van der Waals surface area contributed by atoms with Gasteiger partial charge >= 0.3 is 0 Å². The van der Waals surface area contributed by atoms with E-state index in [9.17, 15) is 8.42 Å². The molecule has 0 saturated carbocycles. The lowest BCUT2D eigenvalue weighted by atomic mass is 10.1. The van der Waals surface area contributed by atoms with Gasteiger partial charge in [0, 0.05) is 13.0 Å². The maximum absolute atomic E-state index is 12.3. The summed E-state index contributed by atoms with van der Waals surface area (Å²) in [5, 5.41) is 0. The standard InChI is InChI=1S/C16H16N2O3S/c1-11-5-3-4-6-13(11)10-22(19,20)18-14-7-8-15-16(9-14)21-12(2)17-15/h3-9,18H,10H2,1-2H3. The first kappa shape index (κ1) is 14.6. The van der Waals surface area contributed by atoms with Crippen LogP contribution in [0.15, 0.2) is 46.9 Å². The van der Waals surface area contributed by atoms with Crippen molar-refractivity contribution in [3.8, 4) is 0 Å². The van der Waals surface area contributed by atoms with Crippen molar-refractivity contribution in [3.63, 3.8) is 0 Å². The Morgan fingerprint density at radius 1 is 1.14 bits per heavy atom. The number of anilines is 1. The Morgan fingerprint density at radius 3 is 2.68 bits per heavy atom. The first-order chi connectivity index (χ1) is 10.4. The Hall–Kier alpha value is -2.34. The Balaban J connectivity index is 1.85. The first-order valence-corrected chi connectivity index (χ1v) is 8.50. The Morgan fingerprint density at radius 2 is 1.91 bits per heavy atom. The average Bonchev–Trinajstić information content (AvgIpc) is 2.80. The van der Waals surface area contributed by atoms with Gasteiger partial charge in [-0.05, 0) is 30.2 Å². The minimum absolute atomic E-state index is 0.0624. The fraction of sp³-hybridized carbons (Fsp3) is 0.188. The molecule has 1 N–H and O–H groups in total. The van der Waals surface area contributed by atoms with Crippen LogP contribution < -0.4 is 4.72 Å². The van der Waals surface area contributed by atoms with E-state index in [-0.39, 0.29) is 5.75 Å². The summed E-state index contributed by atoms with van der Waals surface area (Å²) in [5.41, 5.74) is 3.48. The number of sulfonamides is 1. The van der Waals surface area contributed by atoms with E-state index in [0.717, 1.165) is 11.1 Å². The van der Waals surface area contributed by atoms with Crippen LogP contribution in [0.5, 0.6) is 0 Å². The molecule has 1 heterocycles. The van der Waals surface area contributed by atoms with Gasteiger partial charge in [-0.1, -0.05) is 24.3 Å². The predicted molar refractivity (Wildman–Crippen MR) is 86.2 cm³/mol. The highest BCUT2D eigenvalue weighted by atomic mass is 32.2. The van der Waals surface area contributed by atoms with Gasteiger partial charge in [-0.2, -0.15) is 0 Å². The van der Waals surface area contributed by atoms with Crippen LogP contribution >= 0.6 is 0 Å². The molecule has 0 aliphatic heterocycles. The number of nitrogens with one attached hydrogen (secondary N) is 1. The molecule has 0 atom stereocenters. The highest BCUT2D eigenvalue weighted by Gasteiger charge is 2.14. The van der Waals surface area contributed by atoms with Crippen LogP contribution in [0.2, 0.25) is 0 Å². The Kier molecular flexibility index (Phi) is 3.62. The number of fused-ring (bicyclic) bond motifs is 1. The van der Waals surface area contributed by atoms with Gasteiger partial charge in [-0.15, -0.1) is 0 Å². The molecule has 2 aromatic carbocycles. The molecule has 1 aromatic heterocycles. The molecule has 0 bridgehead atoms. The second kappa shape index (κ2) is 5.46. The molecule has 0 radical (unpaired) electrons. The van der Waals surface area contributed by atoms with Crippen LogP contribution in [-0.4, -0.2) is 13.4 Å². The zero-order chi connectivity index (χ0) is 15.7. The Bertz CT molecular complexity index is 929. The number of hydrogen-bond acceptors (Lipinski definition) is 4. The lowest BCUT2D eigenvalue weighted by Crippen LogP contribution is -2.15. The zero-order valence-corrected chi connectivity index (χ0v) is 13.1. The van der Waals surface area contributed by atoms with E-state index in [1.54, 1.807) is 25.1 Å². The van der Waals surface area contributed by atoms with Crippen molar-refractivity contribution >= 4 is 26.8 Å². The highest BCUT2D eigenvalue weighted by Crippen LogP contribution is 2.21. The van der Waals surface area contributed by atoms with Gasteiger partial charge < -0.3 is 4.42 Å². The molecule has 0 aliphatic carbocycles. The van der Waals surface area contributed by atoms with Gasteiger partial charge in [-0.25, -0.2) is 13.4 Å². The zero-order valence-electron chi connectivity index (χ0n) is 12.3. The van der Waals surface area contributed by atoms with Crippen molar-refractivity contribution in [1.29, 1.82) is 0 Å². The molecule has 5 nitrogen and oxygen atoms in total. The Labute approximate surface area is 129 Å². The van der Waals surface area contributed by atoms with Crippen LogP contribution in [0.4, 0.5) is 5.69 Å². The lowest BCUT2D eigenvalue weighted by Gasteiger charge is -2.09. The van der Waals surface area contributed by atoms with Crippen LogP contribution in [0.25, 0.3) is 11.1 Å². The predicted octanol–water partition coefficient (Wildman–Crippen LogP) is 3.39. The molecule has 0 amide bonds. The fourth-order valence-corrected chi connectivity index (χ4v) is 3.59. The third-order valence-electron chi connectivity index (χ3n) is 3.38. The van der Waals surface area contributed by atoms with E-state index in [0.29, 0.717) is 22.7 Å².